The molecule has 1 N–H and O–H groups in total. The Labute approximate surface area is 176 Å². The van der Waals surface area contributed by atoms with Crippen LogP contribution in [0, 0.1) is 29.0 Å². The molecule has 0 bridgehead atoms. The summed E-state index contributed by atoms with van der Waals surface area (Å²) in [5.74, 6) is 1.09. The first-order valence-electron chi connectivity index (χ1n) is 10.8. The van der Waals surface area contributed by atoms with Gasteiger partial charge in [-0.25, -0.2) is 9.37 Å². The van der Waals surface area contributed by atoms with Crippen LogP contribution < -0.4 is 10.2 Å². The Kier molecular flexibility index (Phi) is 6.27. The molecule has 4 rings (SSSR count). The number of carbonyl (C=O) groups excluding carboxylic acids is 1. The van der Waals surface area contributed by atoms with Crippen molar-refractivity contribution in [3.8, 4) is 6.07 Å². The highest BCUT2D eigenvalue weighted by Gasteiger charge is 2.31. The zero-order valence-electron chi connectivity index (χ0n) is 17.1. The molecular formula is C24H27FN4O. The summed E-state index contributed by atoms with van der Waals surface area (Å²) >= 11 is 0. The minimum atomic E-state index is -0.251. The molecule has 2 heterocycles. The molecule has 1 aromatic heterocycles. The Morgan fingerprint density at radius 1 is 1.10 bits per heavy atom. The van der Waals surface area contributed by atoms with Crippen molar-refractivity contribution >= 4 is 11.7 Å². The third-order valence-electron chi connectivity index (χ3n) is 6.46. The maximum atomic E-state index is 13.4. The number of carbonyl (C=O) groups is 1. The van der Waals surface area contributed by atoms with Gasteiger partial charge in [-0.2, -0.15) is 5.26 Å². The monoisotopic (exact) mass is 406 g/mol. The van der Waals surface area contributed by atoms with Gasteiger partial charge in [0.1, 0.15) is 17.7 Å². The fourth-order valence-electron chi connectivity index (χ4n) is 4.72. The third kappa shape index (κ3) is 4.62. The predicted octanol–water partition coefficient (Wildman–Crippen LogP) is 4.36. The van der Waals surface area contributed by atoms with Crippen molar-refractivity contribution in [2.45, 2.75) is 44.6 Å². The zero-order valence-corrected chi connectivity index (χ0v) is 17.1. The van der Waals surface area contributed by atoms with Gasteiger partial charge in [0.05, 0.1) is 11.6 Å². The molecule has 1 aromatic carbocycles. The summed E-state index contributed by atoms with van der Waals surface area (Å²) in [6, 6.07) is 12.2. The number of hydrogen-bond acceptors (Lipinski definition) is 4. The van der Waals surface area contributed by atoms with Crippen molar-refractivity contribution in [3.05, 3.63) is 59.5 Å². The molecule has 0 unspecified atom stereocenters. The van der Waals surface area contributed by atoms with E-state index in [0.29, 0.717) is 11.5 Å². The van der Waals surface area contributed by atoms with Crippen molar-refractivity contribution < 1.29 is 9.18 Å². The van der Waals surface area contributed by atoms with E-state index < -0.39 is 0 Å². The Morgan fingerprint density at radius 3 is 2.40 bits per heavy atom. The van der Waals surface area contributed by atoms with Gasteiger partial charge in [0.25, 0.3) is 0 Å². The SMILES string of the molecule is N#Cc1ccc(N2CCC(C(=O)N[C@H](c3ccc(F)cc3)C3CCCC3)CC2)nc1. The lowest BCUT2D eigenvalue weighted by atomic mass is 9.89. The van der Waals surface area contributed by atoms with E-state index >= 15 is 0 Å². The zero-order chi connectivity index (χ0) is 20.9. The highest BCUT2D eigenvalue weighted by molar-refractivity contribution is 5.79. The summed E-state index contributed by atoms with van der Waals surface area (Å²) in [4.78, 5) is 19.6. The first-order chi connectivity index (χ1) is 14.6. The number of amides is 1. The maximum Gasteiger partial charge on any atom is 0.223 e. The van der Waals surface area contributed by atoms with Gasteiger partial charge in [-0.1, -0.05) is 25.0 Å². The van der Waals surface area contributed by atoms with Gasteiger partial charge in [0, 0.05) is 25.2 Å². The van der Waals surface area contributed by atoms with Crippen LogP contribution >= 0.6 is 0 Å². The average Bonchev–Trinajstić information content (AvgIpc) is 3.33. The lowest BCUT2D eigenvalue weighted by molar-refractivity contribution is -0.126. The molecule has 1 saturated heterocycles. The first kappa shape index (κ1) is 20.3. The van der Waals surface area contributed by atoms with E-state index in [9.17, 15) is 9.18 Å². The smallest absolute Gasteiger partial charge is 0.223 e. The van der Waals surface area contributed by atoms with Gasteiger partial charge in [0.2, 0.25) is 5.91 Å². The number of nitrogens with one attached hydrogen (secondary N) is 1. The van der Waals surface area contributed by atoms with Crippen molar-refractivity contribution in [2.75, 3.05) is 18.0 Å². The summed E-state index contributed by atoms with van der Waals surface area (Å²) in [6.07, 6.45) is 7.71. The summed E-state index contributed by atoms with van der Waals surface area (Å²) < 4.78 is 13.4. The quantitative estimate of drug-likeness (QED) is 0.801. The molecule has 6 heteroatoms. The molecular weight excluding hydrogens is 379 g/mol. The van der Waals surface area contributed by atoms with Crippen LogP contribution in [0.3, 0.4) is 0 Å². The average molecular weight is 407 g/mol. The van der Waals surface area contributed by atoms with Crippen LogP contribution in [0.4, 0.5) is 10.2 Å². The lowest BCUT2D eigenvalue weighted by Gasteiger charge is -2.34. The summed E-state index contributed by atoms with van der Waals surface area (Å²) in [5.41, 5.74) is 1.54. The second-order valence-electron chi connectivity index (χ2n) is 8.36. The highest BCUT2D eigenvalue weighted by atomic mass is 19.1. The molecule has 30 heavy (non-hydrogen) atoms. The Bertz CT molecular complexity index is 892. The van der Waals surface area contributed by atoms with E-state index in [1.54, 1.807) is 24.4 Å². The number of rotatable bonds is 5. The van der Waals surface area contributed by atoms with Crippen LogP contribution in [-0.2, 0) is 4.79 Å². The van der Waals surface area contributed by atoms with E-state index in [2.05, 4.69) is 21.3 Å². The molecule has 1 saturated carbocycles. The molecule has 2 aliphatic rings. The predicted molar refractivity (Wildman–Crippen MR) is 113 cm³/mol. The second kappa shape index (κ2) is 9.25. The lowest BCUT2D eigenvalue weighted by Crippen LogP contribution is -2.43. The van der Waals surface area contributed by atoms with Crippen molar-refractivity contribution in [1.82, 2.24) is 10.3 Å². The van der Waals surface area contributed by atoms with E-state index in [1.165, 1.54) is 25.0 Å². The number of nitrogens with zero attached hydrogens (tertiary/aromatic N) is 3. The Balaban J connectivity index is 1.38. The number of piperidine rings is 1. The number of benzene rings is 1. The summed E-state index contributed by atoms with van der Waals surface area (Å²) in [5, 5.41) is 12.2. The second-order valence-corrected chi connectivity index (χ2v) is 8.36. The van der Waals surface area contributed by atoms with E-state index in [4.69, 9.17) is 5.26 Å². The number of anilines is 1. The third-order valence-corrected chi connectivity index (χ3v) is 6.46. The minimum absolute atomic E-state index is 0.0241. The van der Waals surface area contributed by atoms with Gasteiger partial charge in [0.15, 0.2) is 0 Å². The normalized spacial score (nSPS) is 18.7. The van der Waals surface area contributed by atoms with E-state index in [1.807, 2.05) is 6.07 Å². The van der Waals surface area contributed by atoms with Crippen molar-refractivity contribution in [1.29, 1.82) is 5.26 Å². The minimum Gasteiger partial charge on any atom is -0.357 e. The standard InChI is InChI=1S/C24H27FN4O/c25-21-8-6-19(7-9-21)23(18-3-1-2-4-18)28-24(30)20-11-13-29(14-12-20)22-10-5-17(15-26)16-27-22/h5-10,16,18,20,23H,1-4,11-14H2,(H,28,30)/t23-/m0/s1. The van der Waals surface area contributed by atoms with Gasteiger partial charge in [-0.15, -0.1) is 0 Å². The van der Waals surface area contributed by atoms with Crippen LogP contribution in [0.2, 0.25) is 0 Å². The van der Waals surface area contributed by atoms with Gasteiger partial charge in [-0.05, 0) is 61.4 Å². The van der Waals surface area contributed by atoms with Crippen molar-refractivity contribution in [3.63, 3.8) is 0 Å². The van der Waals surface area contributed by atoms with E-state index in [-0.39, 0.29) is 23.7 Å². The van der Waals surface area contributed by atoms with Gasteiger partial charge < -0.3 is 10.2 Å². The highest BCUT2D eigenvalue weighted by Crippen LogP contribution is 2.36. The first-order valence-corrected chi connectivity index (χ1v) is 10.8. The van der Waals surface area contributed by atoms with Crippen LogP contribution in [-0.4, -0.2) is 24.0 Å². The van der Waals surface area contributed by atoms with Crippen LogP contribution in [0.1, 0.15) is 55.7 Å². The summed E-state index contributed by atoms with van der Waals surface area (Å²) in [6.45, 7) is 1.53. The molecule has 0 radical (unpaired) electrons. The van der Waals surface area contributed by atoms with Crippen LogP contribution in [0.25, 0.3) is 0 Å². The Hall–Kier alpha value is -2.94. The van der Waals surface area contributed by atoms with E-state index in [0.717, 1.165) is 50.2 Å². The fraction of sp³-hybridized carbons (Fsp3) is 0.458. The number of aromatic nitrogens is 1. The largest absolute Gasteiger partial charge is 0.357 e. The summed E-state index contributed by atoms with van der Waals surface area (Å²) in [7, 11) is 0. The number of hydrogen-bond donors (Lipinski definition) is 1. The van der Waals surface area contributed by atoms with Crippen LogP contribution in [0.15, 0.2) is 42.6 Å². The Morgan fingerprint density at radius 2 is 1.80 bits per heavy atom. The fourth-order valence-corrected chi connectivity index (χ4v) is 4.72. The molecule has 0 spiro atoms. The van der Waals surface area contributed by atoms with Crippen molar-refractivity contribution in [2.24, 2.45) is 11.8 Å². The number of halogens is 1. The van der Waals surface area contributed by atoms with Gasteiger partial charge in [-0.3, -0.25) is 4.79 Å². The molecule has 1 amide bonds. The molecule has 2 aromatic rings. The number of pyridine rings is 1. The van der Waals surface area contributed by atoms with Gasteiger partial charge >= 0.3 is 0 Å². The van der Waals surface area contributed by atoms with Crippen LogP contribution in [0.5, 0.6) is 0 Å². The topological polar surface area (TPSA) is 69.0 Å². The maximum absolute atomic E-state index is 13.4. The molecule has 1 aliphatic heterocycles. The number of nitriles is 1. The molecule has 1 atom stereocenters. The molecule has 156 valence electrons. The molecule has 5 nitrogen and oxygen atoms in total. The molecule has 1 aliphatic carbocycles. The molecule has 2 fully saturated rings.